The Kier molecular flexibility index (Phi) is 5.29. The molecule has 0 spiro atoms. The number of methoxy groups -OCH3 is 1. The summed E-state index contributed by atoms with van der Waals surface area (Å²) in [5.74, 6) is 1.71. The van der Waals surface area contributed by atoms with Crippen molar-refractivity contribution in [3.05, 3.63) is 58.8 Å². The molecule has 0 saturated carbocycles. The number of rotatable bonds is 5. The number of benzene rings is 2. The zero-order valence-corrected chi connectivity index (χ0v) is 18.6. The second kappa shape index (κ2) is 8.24. The van der Waals surface area contributed by atoms with Crippen molar-refractivity contribution in [2.75, 3.05) is 25.1 Å². The van der Waals surface area contributed by atoms with E-state index in [1.165, 1.54) is 17.7 Å². The summed E-state index contributed by atoms with van der Waals surface area (Å²) in [7, 11) is 1.70. The van der Waals surface area contributed by atoms with Crippen LogP contribution in [-0.2, 0) is 12.8 Å². The van der Waals surface area contributed by atoms with Gasteiger partial charge in [-0.3, -0.25) is 0 Å². The zero-order valence-electron chi connectivity index (χ0n) is 17.8. The lowest BCUT2D eigenvalue weighted by Gasteiger charge is -2.31. The van der Waals surface area contributed by atoms with Crippen LogP contribution in [0.3, 0.4) is 0 Å². The van der Waals surface area contributed by atoms with E-state index < -0.39 is 0 Å². The molecule has 31 heavy (non-hydrogen) atoms. The van der Waals surface area contributed by atoms with Crippen LogP contribution in [0.2, 0.25) is 0 Å². The number of aryl methyl sites for hydroxylation is 2. The first kappa shape index (κ1) is 19.9. The summed E-state index contributed by atoms with van der Waals surface area (Å²) in [4.78, 5) is 14.3. The molecule has 0 N–H and O–H groups in total. The molecule has 1 saturated heterocycles. The smallest absolute Gasteiger partial charge is 0.226 e. The number of anilines is 1. The van der Waals surface area contributed by atoms with Crippen molar-refractivity contribution in [1.82, 2.24) is 9.97 Å². The Hall–Kier alpha value is -3.04. The number of ether oxygens (including phenoxy) is 1. The second-order valence-corrected chi connectivity index (χ2v) is 9.14. The van der Waals surface area contributed by atoms with Crippen molar-refractivity contribution in [3.8, 4) is 23.1 Å². The maximum atomic E-state index is 9.16. The first-order valence-corrected chi connectivity index (χ1v) is 11.5. The fraction of sp³-hybridized carbons (Fsp3) is 0.320. The molecule has 0 unspecified atom stereocenters. The van der Waals surface area contributed by atoms with E-state index in [1.54, 1.807) is 18.9 Å². The Morgan fingerprint density at radius 2 is 1.90 bits per heavy atom. The molecule has 5 rings (SSSR count). The summed E-state index contributed by atoms with van der Waals surface area (Å²) in [5, 5.41) is 9.16. The average molecular weight is 429 g/mol. The topological polar surface area (TPSA) is 62.0 Å². The molecule has 3 aromatic rings. The molecule has 0 radical (unpaired) electrons. The monoisotopic (exact) mass is 428 g/mol. The van der Waals surface area contributed by atoms with Crippen molar-refractivity contribution < 1.29 is 4.74 Å². The van der Waals surface area contributed by atoms with E-state index in [1.807, 2.05) is 31.2 Å². The average Bonchev–Trinajstić information content (AvgIpc) is 3.22. The summed E-state index contributed by atoms with van der Waals surface area (Å²) in [6.07, 6.45) is 4.42. The van der Waals surface area contributed by atoms with Gasteiger partial charge in [-0.15, -0.1) is 0 Å². The minimum absolute atomic E-state index is 0.678. The number of hydrogen-bond acceptors (Lipinski definition) is 6. The summed E-state index contributed by atoms with van der Waals surface area (Å²) in [5.41, 5.74) is 6.43. The quantitative estimate of drug-likeness (QED) is 0.558. The third-order valence-corrected chi connectivity index (χ3v) is 7.24. The van der Waals surface area contributed by atoms with E-state index >= 15 is 0 Å². The van der Waals surface area contributed by atoms with Crippen LogP contribution < -0.4 is 9.64 Å². The van der Waals surface area contributed by atoms with Crippen LogP contribution in [-0.4, -0.2) is 30.2 Å². The highest BCUT2D eigenvalue weighted by Gasteiger charge is 2.25. The SMILES string of the molecule is COc1ccc(-c2nc(N3CCC3)nc3c2CCC3)cc1Sc1ccc(C#N)cc1C. The molecule has 1 aromatic heterocycles. The van der Waals surface area contributed by atoms with E-state index in [0.29, 0.717) is 5.56 Å². The Morgan fingerprint density at radius 1 is 1.03 bits per heavy atom. The molecule has 2 aromatic carbocycles. The van der Waals surface area contributed by atoms with Crippen LogP contribution >= 0.6 is 11.8 Å². The first-order valence-electron chi connectivity index (χ1n) is 10.7. The minimum atomic E-state index is 0.678. The minimum Gasteiger partial charge on any atom is -0.496 e. The Labute approximate surface area is 187 Å². The molecular weight excluding hydrogens is 404 g/mol. The van der Waals surface area contributed by atoms with Crippen LogP contribution in [0.4, 0.5) is 5.95 Å². The van der Waals surface area contributed by atoms with E-state index in [-0.39, 0.29) is 0 Å². The lowest BCUT2D eigenvalue weighted by atomic mass is 10.0. The van der Waals surface area contributed by atoms with Gasteiger partial charge in [-0.05, 0) is 74.6 Å². The highest BCUT2D eigenvalue weighted by Crippen LogP contribution is 2.41. The zero-order chi connectivity index (χ0) is 21.4. The molecule has 0 atom stereocenters. The first-order chi connectivity index (χ1) is 15.2. The van der Waals surface area contributed by atoms with Gasteiger partial charge in [0.05, 0.1) is 29.3 Å². The number of hydrogen-bond donors (Lipinski definition) is 0. The van der Waals surface area contributed by atoms with Crippen LogP contribution in [0.15, 0.2) is 46.2 Å². The third kappa shape index (κ3) is 3.75. The molecule has 2 aliphatic rings. The molecule has 5 nitrogen and oxygen atoms in total. The summed E-state index contributed by atoms with van der Waals surface area (Å²) < 4.78 is 5.66. The van der Waals surface area contributed by atoms with Gasteiger partial charge in [0.25, 0.3) is 0 Å². The van der Waals surface area contributed by atoms with Gasteiger partial charge in [0.1, 0.15) is 5.75 Å². The van der Waals surface area contributed by atoms with Crippen LogP contribution in [0.1, 0.15) is 35.2 Å². The van der Waals surface area contributed by atoms with Gasteiger partial charge in [0.15, 0.2) is 0 Å². The normalized spacial score (nSPS) is 14.7. The lowest BCUT2D eigenvalue weighted by Crippen LogP contribution is -2.38. The van der Waals surface area contributed by atoms with Gasteiger partial charge in [0, 0.05) is 34.8 Å². The van der Waals surface area contributed by atoms with E-state index in [0.717, 1.165) is 70.7 Å². The van der Waals surface area contributed by atoms with E-state index in [9.17, 15) is 0 Å². The number of fused-ring (bicyclic) bond motifs is 1. The number of nitrogens with zero attached hydrogens (tertiary/aromatic N) is 4. The molecular formula is C25H24N4OS. The van der Waals surface area contributed by atoms with Gasteiger partial charge in [-0.2, -0.15) is 5.26 Å². The van der Waals surface area contributed by atoms with E-state index in [4.69, 9.17) is 20.0 Å². The maximum absolute atomic E-state index is 9.16. The van der Waals surface area contributed by atoms with Crippen LogP contribution in [0.5, 0.6) is 5.75 Å². The largest absolute Gasteiger partial charge is 0.496 e. The molecule has 1 fully saturated rings. The van der Waals surface area contributed by atoms with Crippen molar-refractivity contribution in [1.29, 1.82) is 5.26 Å². The fourth-order valence-corrected chi connectivity index (χ4v) is 5.20. The number of nitriles is 1. The molecule has 1 aliphatic heterocycles. The standard InChI is InChI=1S/C25H24N4OS/c1-16-13-17(15-26)7-10-22(16)31-23-14-18(8-9-21(23)30-2)24-19-5-3-6-20(19)27-25(28-24)29-11-4-12-29/h7-10,13-14H,3-6,11-12H2,1-2H3. The molecule has 6 heteroatoms. The highest BCUT2D eigenvalue weighted by atomic mass is 32.2. The van der Waals surface area contributed by atoms with Gasteiger partial charge in [-0.1, -0.05) is 11.8 Å². The Morgan fingerprint density at radius 3 is 2.61 bits per heavy atom. The van der Waals surface area contributed by atoms with Gasteiger partial charge < -0.3 is 9.64 Å². The third-order valence-electron chi connectivity index (χ3n) is 6.02. The van der Waals surface area contributed by atoms with Crippen molar-refractivity contribution in [2.24, 2.45) is 0 Å². The van der Waals surface area contributed by atoms with Gasteiger partial charge >= 0.3 is 0 Å². The van der Waals surface area contributed by atoms with Crippen molar-refractivity contribution in [3.63, 3.8) is 0 Å². The molecule has 156 valence electrons. The summed E-state index contributed by atoms with van der Waals surface area (Å²) in [6, 6.07) is 14.3. The number of aromatic nitrogens is 2. The van der Waals surface area contributed by atoms with Crippen molar-refractivity contribution in [2.45, 2.75) is 42.4 Å². The lowest BCUT2D eigenvalue weighted by molar-refractivity contribution is 0.405. The fourth-order valence-electron chi connectivity index (χ4n) is 4.17. The van der Waals surface area contributed by atoms with Gasteiger partial charge in [0.2, 0.25) is 5.95 Å². The summed E-state index contributed by atoms with van der Waals surface area (Å²) >= 11 is 1.66. The Balaban J connectivity index is 1.56. The molecule has 0 bridgehead atoms. The highest BCUT2D eigenvalue weighted by molar-refractivity contribution is 7.99. The van der Waals surface area contributed by atoms with Crippen LogP contribution in [0, 0.1) is 18.3 Å². The summed E-state index contributed by atoms with van der Waals surface area (Å²) in [6.45, 7) is 4.12. The molecule has 0 amide bonds. The second-order valence-electron chi connectivity index (χ2n) is 8.05. The van der Waals surface area contributed by atoms with Crippen molar-refractivity contribution >= 4 is 17.7 Å². The molecule has 1 aliphatic carbocycles. The van der Waals surface area contributed by atoms with Crippen LogP contribution in [0.25, 0.3) is 11.3 Å². The predicted molar refractivity (Wildman–Crippen MR) is 123 cm³/mol. The van der Waals surface area contributed by atoms with Gasteiger partial charge in [-0.25, -0.2) is 9.97 Å². The van der Waals surface area contributed by atoms with E-state index in [2.05, 4.69) is 23.1 Å². The Bertz CT molecular complexity index is 1200. The maximum Gasteiger partial charge on any atom is 0.226 e. The predicted octanol–water partition coefficient (Wildman–Crippen LogP) is 5.18. The molecule has 2 heterocycles.